The van der Waals surface area contributed by atoms with Crippen molar-refractivity contribution in [2.75, 3.05) is 68.0 Å². The summed E-state index contributed by atoms with van der Waals surface area (Å²) < 4.78 is 0. The molecular weight excluding hydrogens is 202 g/mol. The van der Waals surface area contributed by atoms with Gasteiger partial charge in [0.2, 0.25) is 0 Å². The predicted octanol–water partition coefficient (Wildman–Crippen LogP) is 0.430. The Labute approximate surface area is 102 Å². The summed E-state index contributed by atoms with van der Waals surface area (Å²) in [5.41, 5.74) is 0. The summed E-state index contributed by atoms with van der Waals surface area (Å²) in [7, 11) is 9.63. The van der Waals surface area contributed by atoms with Gasteiger partial charge in [0.1, 0.15) is 0 Å². The molecule has 0 fully saturated rings. The molecule has 0 unspecified atom stereocenters. The van der Waals surface area contributed by atoms with Crippen molar-refractivity contribution in [2.45, 2.75) is 13.3 Å². The lowest BCUT2D eigenvalue weighted by Crippen LogP contribution is -2.31. The average molecular weight is 233 g/mol. The minimum Gasteiger partial charge on any atom is -0.400 e. The molecule has 0 saturated heterocycles. The van der Waals surface area contributed by atoms with E-state index in [1.807, 2.05) is 0 Å². The maximum Gasteiger partial charge on any atom is 0.0319 e. The number of aliphatic hydroxyl groups excluding tert-OH is 1. The Hall–Kier alpha value is -0.160. The lowest BCUT2D eigenvalue weighted by atomic mass is 10.3. The standard InChI is InChI=1S/C11H27N3.CH4O/c1-6-13(4)8-7-9-14(5)11-10-12(2)3;1-2/h6-11H2,1-5H3;2H,1H3. The second kappa shape index (κ2) is 12.9. The van der Waals surface area contributed by atoms with Gasteiger partial charge in [0.05, 0.1) is 0 Å². The van der Waals surface area contributed by atoms with E-state index in [0.29, 0.717) is 0 Å². The second-order valence-electron chi connectivity index (χ2n) is 4.36. The molecular formula is C12H31N3O. The molecule has 0 aliphatic carbocycles. The fourth-order valence-corrected chi connectivity index (χ4v) is 1.25. The summed E-state index contributed by atoms with van der Waals surface area (Å²) in [6.07, 6.45) is 1.27. The van der Waals surface area contributed by atoms with Crippen LogP contribution >= 0.6 is 0 Å². The average Bonchev–Trinajstić information content (AvgIpc) is 2.28. The quantitative estimate of drug-likeness (QED) is 0.658. The van der Waals surface area contributed by atoms with Crippen molar-refractivity contribution in [1.82, 2.24) is 14.7 Å². The van der Waals surface area contributed by atoms with E-state index in [2.05, 4.69) is 49.8 Å². The fraction of sp³-hybridized carbons (Fsp3) is 1.00. The molecule has 0 bridgehead atoms. The Morgan fingerprint density at radius 2 is 1.25 bits per heavy atom. The van der Waals surface area contributed by atoms with E-state index in [0.717, 1.165) is 20.2 Å². The molecule has 0 rings (SSSR count). The van der Waals surface area contributed by atoms with Crippen LogP contribution in [0.15, 0.2) is 0 Å². The van der Waals surface area contributed by atoms with Crippen molar-refractivity contribution in [3.8, 4) is 0 Å². The summed E-state index contributed by atoms with van der Waals surface area (Å²) in [5.74, 6) is 0. The zero-order chi connectivity index (χ0) is 13.0. The van der Waals surface area contributed by atoms with Crippen molar-refractivity contribution in [3.05, 3.63) is 0 Å². The Bertz CT molecular complexity index is 131. The first kappa shape index (κ1) is 18.2. The summed E-state index contributed by atoms with van der Waals surface area (Å²) in [4.78, 5) is 7.00. The Morgan fingerprint density at radius 1 is 0.750 bits per heavy atom. The van der Waals surface area contributed by atoms with Crippen LogP contribution in [0, 0.1) is 0 Å². The molecule has 100 valence electrons. The van der Waals surface area contributed by atoms with Gasteiger partial charge in [0.25, 0.3) is 0 Å². The van der Waals surface area contributed by atoms with Gasteiger partial charge in [0.15, 0.2) is 0 Å². The van der Waals surface area contributed by atoms with Crippen LogP contribution in [-0.2, 0) is 0 Å². The van der Waals surface area contributed by atoms with Gasteiger partial charge in [-0.1, -0.05) is 6.92 Å². The smallest absolute Gasteiger partial charge is 0.0319 e. The molecule has 0 spiro atoms. The minimum absolute atomic E-state index is 1.00. The molecule has 0 heterocycles. The predicted molar refractivity (Wildman–Crippen MR) is 72.0 cm³/mol. The molecule has 0 aromatic carbocycles. The van der Waals surface area contributed by atoms with Crippen molar-refractivity contribution in [3.63, 3.8) is 0 Å². The second-order valence-corrected chi connectivity index (χ2v) is 4.36. The van der Waals surface area contributed by atoms with E-state index in [1.165, 1.54) is 26.1 Å². The molecule has 0 atom stereocenters. The first-order valence-electron chi connectivity index (χ1n) is 6.02. The fourth-order valence-electron chi connectivity index (χ4n) is 1.25. The van der Waals surface area contributed by atoms with E-state index < -0.39 is 0 Å². The van der Waals surface area contributed by atoms with Gasteiger partial charge in [-0.3, -0.25) is 0 Å². The first-order valence-corrected chi connectivity index (χ1v) is 6.02. The van der Waals surface area contributed by atoms with E-state index in [9.17, 15) is 0 Å². The summed E-state index contributed by atoms with van der Waals surface area (Å²) in [5, 5.41) is 7.00. The number of nitrogens with zero attached hydrogens (tertiary/aromatic N) is 3. The Balaban J connectivity index is 0. The minimum atomic E-state index is 1.00. The molecule has 0 aromatic heterocycles. The monoisotopic (exact) mass is 233 g/mol. The molecule has 0 aliphatic heterocycles. The SMILES string of the molecule is CCN(C)CCCN(C)CCN(C)C.CO. The lowest BCUT2D eigenvalue weighted by molar-refractivity contribution is 0.259. The van der Waals surface area contributed by atoms with Gasteiger partial charge in [-0.15, -0.1) is 0 Å². The first-order chi connectivity index (χ1) is 7.56. The van der Waals surface area contributed by atoms with Crippen LogP contribution in [0.5, 0.6) is 0 Å². The Morgan fingerprint density at radius 3 is 1.69 bits per heavy atom. The molecule has 0 radical (unpaired) electrons. The highest BCUT2D eigenvalue weighted by Gasteiger charge is 2.00. The normalized spacial score (nSPS) is 10.9. The highest BCUT2D eigenvalue weighted by molar-refractivity contribution is 4.56. The number of rotatable bonds is 8. The van der Waals surface area contributed by atoms with E-state index >= 15 is 0 Å². The number of aliphatic hydroxyl groups is 1. The summed E-state index contributed by atoms with van der Waals surface area (Å²) in [6.45, 7) is 8.10. The molecule has 4 nitrogen and oxygen atoms in total. The molecule has 1 N–H and O–H groups in total. The Kier molecular flexibility index (Phi) is 14.7. The van der Waals surface area contributed by atoms with Crippen molar-refractivity contribution < 1.29 is 5.11 Å². The van der Waals surface area contributed by atoms with E-state index in [-0.39, 0.29) is 0 Å². The number of likely N-dealkylation sites (N-methyl/N-ethyl adjacent to an activating group) is 2. The van der Waals surface area contributed by atoms with Gasteiger partial charge in [-0.25, -0.2) is 0 Å². The van der Waals surface area contributed by atoms with Crippen LogP contribution in [0.2, 0.25) is 0 Å². The van der Waals surface area contributed by atoms with Crippen molar-refractivity contribution in [1.29, 1.82) is 0 Å². The van der Waals surface area contributed by atoms with Crippen LogP contribution in [0.1, 0.15) is 13.3 Å². The third-order valence-electron chi connectivity index (χ3n) is 2.55. The van der Waals surface area contributed by atoms with E-state index in [1.54, 1.807) is 0 Å². The molecule has 0 aromatic rings. The molecule has 0 saturated carbocycles. The summed E-state index contributed by atoms with van der Waals surface area (Å²) >= 11 is 0. The molecule has 16 heavy (non-hydrogen) atoms. The van der Waals surface area contributed by atoms with Crippen molar-refractivity contribution in [2.24, 2.45) is 0 Å². The van der Waals surface area contributed by atoms with Crippen LogP contribution < -0.4 is 0 Å². The third-order valence-corrected chi connectivity index (χ3v) is 2.55. The van der Waals surface area contributed by atoms with Crippen LogP contribution in [0.4, 0.5) is 0 Å². The topological polar surface area (TPSA) is 30.0 Å². The van der Waals surface area contributed by atoms with Crippen LogP contribution in [0.3, 0.4) is 0 Å². The van der Waals surface area contributed by atoms with Gasteiger partial charge < -0.3 is 19.8 Å². The summed E-state index contributed by atoms with van der Waals surface area (Å²) in [6, 6.07) is 0. The van der Waals surface area contributed by atoms with Gasteiger partial charge in [-0.2, -0.15) is 0 Å². The van der Waals surface area contributed by atoms with Gasteiger partial charge >= 0.3 is 0 Å². The van der Waals surface area contributed by atoms with Crippen molar-refractivity contribution >= 4 is 0 Å². The lowest BCUT2D eigenvalue weighted by Gasteiger charge is -2.20. The third kappa shape index (κ3) is 13.8. The van der Waals surface area contributed by atoms with Gasteiger partial charge in [0, 0.05) is 20.2 Å². The zero-order valence-electron chi connectivity index (χ0n) is 12.0. The largest absolute Gasteiger partial charge is 0.400 e. The molecule has 0 amide bonds. The maximum absolute atomic E-state index is 7.00. The molecule has 4 heteroatoms. The van der Waals surface area contributed by atoms with Crippen LogP contribution in [0.25, 0.3) is 0 Å². The molecule has 0 aliphatic rings. The maximum atomic E-state index is 7.00. The van der Waals surface area contributed by atoms with E-state index in [4.69, 9.17) is 5.11 Å². The number of hydrogen-bond donors (Lipinski definition) is 1. The van der Waals surface area contributed by atoms with Crippen LogP contribution in [-0.4, -0.2) is 87.8 Å². The highest BCUT2D eigenvalue weighted by Crippen LogP contribution is 1.91. The van der Waals surface area contributed by atoms with Gasteiger partial charge in [-0.05, 0) is 54.2 Å². The number of hydrogen-bond acceptors (Lipinski definition) is 4. The zero-order valence-corrected chi connectivity index (χ0v) is 12.0. The highest BCUT2D eigenvalue weighted by atomic mass is 16.2.